The van der Waals surface area contributed by atoms with Crippen molar-refractivity contribution < 1.29 is 4.39 Å². The fraction of sp³-hybridized carbons (Fsp3) is 0.158. The highest BCUT2D eigenvalue weighted by atomic mass is 19.1. The Morgan fingerprint density at radius 1 is 1.15 bits per heavy atom. The third kappa shape index (κ3) is 3.23. The Kier molecular flexibility index (Phi) is 4.27. The zero-order valence-electron chi connectivity index (χ0n) is 14.0. The van der Waals surface area contributed by atoms with Crippen molar-refractivity contribution in [3.63, 3.8) is 0 Å². The van der Waals surface area contributed by atoms with Gasteiger partial charge in [0.15, 0.2) is 5.82 Å². The predicted octanol–water partition coefficient (Wildman–Crippen LogP) is 3.21. The van der Waals surface area contributed by atoms with Gasteiger partial charge in [0, 0.05) is 18.8 Å². The number of nitrogen functional groups attached to an aromatic ring is 1. The van der Waals surface area contributed by atoms with Crippen LogP contribution >= 0.6 is 0 Å². The number of anilines is 1. The smallest absolute Gasteiger partial charge is 0.182 e. The second-order valence-electron chi connectivity index (χ2n) is 5.97. The molecule has 0 bridgehead atoms. The standard InChI is InChI=1S/C19H17FN6/c20-14-6-2-1-5-13(14)12-26-17(15-7-3-4-9-22-15)11-16(25-26)19-23-10-8-18(21)24-19/h1-5,7-11,14H,6,12H2,(H2,21,23,24). The summed E-state index contributed by atoms with van der Waals surface area (Å²) < 4.78 is 16.0. The Morgan fingerprint density at radius 3 is 2.85 bits per heavy atom. The minimum atomic E-state index is -1.01. The summed E-state index contributed by atoms with van der Waals surface area (Å²) in [5.74, 6) is 0.795. The van der Waals surface area contributed by atoms with Crippen molar-refractivity contribution in [3.05, 3.63) is 66.5 Å². The van der Waals surface area contributed by atoms with E-state index in [2.05, 4.69) is 20.1 Å². The van der Waals surface area contributed by atoms with Crippen LogP contribution in [0.1, 0.15) is 6.42 Å². The van der Waals surface area contributed by atoms with Gasteiger partial charge in [0.05, 0.1) is 17.9 Å². The second kappa shape index (κ2) is 6.87. The highest BCUT2D eigenvalue weighted by Crippen LogP contribution is 2.26. The van der Waals surface area contributed by atoms with E-state index < -0.39 is 6.17 Å². The molecule has 0 saturated heterocycles. The number of pyridine rings is 1. The molecule has 0 spiro atoms. The summed E-state index contributed by atoms with van der Waals surface area (Å²) in [5.41, 5.74) is 8.52. The van der Waals surface area contributed by atoms with Crippen molar-refractivity contribution in [2.24, 2.45) is 0 Å². The van der Waals surface area contributed by atoms with Crippen LogP contribution in [0.25, 0.3) is 22.9 Å². The Morgan fingerprint density at radius 2 is 2.08 bits per heavy atom. The largest absolute Gasteiger partial charge is 0.384 e. The van der Waals surface area contributed by atoms with E-state index in [1.807, 2.05) is 36.4 Å². The summed E-state index contributed by atoms with van der Waals surface area (Å²) in [6.45, 7) is 0.333. The van der Waals surface area contributed by atoms with Crippen LogP contribution in [0.4, 0.5) is 10.2 Å². The Balaban J connectivity index is 1.78. The van der Waals surface area contributed by atoms with Gasteiger partial charge in [-0.2, -0.15) is 5.10 Å². The lowest BCUT2D eigenvalue weighted by atomic mass is 10.0. The molecular formula is C19H17FN6. The van der Waals surface area contributed by atoms with Crippen molar-refractivity contribution >= 4 is 5.82 Å². The number of hydrogen-bond donors (Lipinski definition) is 1. The predicted molar refractivity (Wildman–Crippen MR) is 97.6 cm³/mol. The van der Waals surface area contributed by atoms with E-state index in [4.69, 9.17) is 5.73 Å². The number of hydrogen-bond acceptors (Lipinski definition) is 5. The quantitative estimate of drug-likeness (QED) is 0.783. The summed E-state index contributed by atoms with van der Waals surface area (Å²) >= 11 is 0. The maximum atomic E-state index is 14.2. The molecule has 6 nitrogen and oxygen atoms in total. The number of nitrogens with zero attached hydrogens (tertiary/aromatic N) is 5. The lowest BCUT2D eigenvalue weighted by Crippen LogP contribution is -2.14. The summed E-state index contributed by atoms with van der Waals surface area (Å²) in [6.07, 6.45) is 8.17. The molecular weight excluding hydrogens is 331 g/mol. The van der Waals surface area contributed by atoms with Gasteiger partial charge in [-0.15, -0.1) is 0 Å². The summed E-state index contributed by atoms with van der Waals surface area (Å²) in [5, 5.41) is 4.59. The Hall–Kier alpha value is -3.35. The maximum absolute atomic E-state index is 14.2. The average molecular weight is 348 g/mol. The van der Waals surface area contributed by atoms with Gasteiger partial charge in [-0.25, -0.2) is 14.4 Å². The van der Waals surface area contributed by atoms with Crippen LogP contribution in [0.15, 0.2) is 66.5 Å². The third-order valence-electron chi connectivity index (χ3n) is 4.14. The van der Waals surface area contributed by atoms with E-state index >= 15 is 0 Å². The molecule has 0 radical (unpaired) electrons. The van der Waals surface area contributed by atoms with Crippen LogP contribution in [0, 0.1) is 0 Å². The lowest BCUT2D eigenvalue weighted by molar-refractivity contribution is 0.366. The van der Waals surface area contributed by atoms with Crippen LogP contribution in [-0.4, -0.2) is 30.9 Å². The molecule has 130 valence electrons. The van der Waals surface area contributed by atoms with E-state index in [1.54, 1.807) is 29.2 Å². The van der Waals surface area contributed by atoms with Crippen LogP contribution in [-0.2, 0) is 6.54 Å². The first-order valence-corrected chi connectivity index (χ1v) is 8.28. The zero-order chi connectivity index (χ0) is 17.9. The molecule has 3 aromatic rings. The lowest BCUT2D eigenvalue weighted by Gasteiger charge is -2.15. The molecule has 0 saturated carbocycles. The van der Waals surface area contributed by atoms with Gasteiger partial charge < -0.3 is 5.73 Å². The maximum Gasteiger partial charge on any atom is 0.182 e. The van der Waals surface area contributed by atoms with Crippen LogP contribution in [0.3, 0.4) is 0 Å². The molecule has 7 heteroatoms. The topological polar surface area (TPSA) is 82.5 Å². The summed E-state index contributed by atoms with van der Waals surface area (Å²) in [7, 11) is 0. The van der Waals surface area contributed by atoms with E-state index in [0.29, 0.717) is 35.9 Å². The zero-order valence-corrected chi connectivity index (χ0v) is 14.0. The first-order chi connectivity index (χ1) is 12.7. The molecule has 0 amide bonds. The van der Waals surface area contributed by atoms with E-state index in [0.717, 1.165) is 11.4 Å². The molecule has 1 atom stereocenters. The van der Waals surface area contributed by atoms with E-state index in [1.165, 1.54) is 0 Å². The highest BCUT2D eigenvalue weighted by molar-refractivity contribution is 5.63. The molecule has 4 rings (SSSR count). The van der Waals surface area contributed by atoms with Gasteiger partial charge in [0.2, 0.25) is 0 Å². The van der Waals surface area contributed by atoms with Crippen molar-refractivity contribution in [2.75, 3.05) is 5.73 Å². The van der Waals surface area contributed by atoms with Crippen molar-refractivity contribution in [1.82, 2.24) is 24.7 Å². The molecule has 2 N–H and O–H groups in total. The van der Waals surface area contributed by atoms with E-state index in [9.17, 15) is 4.39 Å². The average Bonchev–Trinajstić information content (AvgIpc) is 3.08. The number of aromatic nitrogens is 5. The van der Waals surface area contributed by atoms with Gasteiger partial charge in [-0.1, -0.05) is 24.3 Å². The highest BCUT2D eigenvalue weighted by Gasteiger charge is 2.19. The molecule has 1 unspecified atom stereocenters. The monoisotopic (exact) mass is 348 g/mol. The van der Waals surface area contributed by atoms with Crippen molar-refractivity contribution in [1.29, 1.82) is 0 Å². The molecule has 0 fully saturated rings. The van der Waals surface area contributed by atoms with Gasteiger partial charge in [-0.05, 0) is 29.8 Å². The van der Waals surface area contributed by atoms with Gasteiger partial charge >= 0.3 is 0 Å². The van der Waals surface area contributed by atoms with Crippen molar-refractivity contribution in [3.8, 4) is 22.9 Å². The van der Waals surface area contributed by atoms with E-state index in [-0.39, 0.29) is 0 Å². The SMILES string of the molecule is Nc1ccnc(-c2cc(-c3ccccn3)n(CC3=CC=CCC3F)n2)n1. The van der Waals surface area contributed by atoms with Gasteiger partial charge in [-0.3, -0.25) is 9.67 Å². The molecule has 26 heavy (non-hydrogen) atoms. The summed E-state index contributed by atoms with van der Waals surface area (Å²) in [6, 6.07) is 9.10. The fourth-order valence-electron chi connectivity index (χ4n) is 2.83. The van der Waals surface area contributed by atoms with Gasteiger partial charge in [0.1, 0.15) is 17.7 Å². The molecule has 0 aliphatic heterocycles. The number of allylic oxidation sites excluding steroid dienone is 4. The molecule has 3 aromatic heterocycles. The number of nitrogens with two attached hydrogens (primary N) is 1. The molecule has 1 aliphatic rings. The number of rotatable bonds is 4. The fourth-order valence-corrected chi connectivity index (χ4v) is 2.83. The first kappa shape index (κ1) is 16.1. The minimum absolute atomic E-state index is 0.333. The van der Waals surface area contributed by atoms with Crippen LogP contribution in [0.5, 0.6) is 0 Å². The molecule has 3 heterocycles. The third-order valence-corrected chi connectivity index (χ3v) is 4.14. The van der Waals surface area contributed by atoms with Crippen LogP contribution in [0.2, 0.25) is 0 Å². The Bertz CT molecular complexity index is 977. The molecule has 0 aromatic carbocycles. The first-order valence-electron chi connectivity index (χ1n) is 8.28. The van der Waals surface area contributed by atoms with Crippen molar-refractivity contribution in [2.45, 2.75) is 19.1 Å². The van der Waals surface area contributed by atoms with Crippen LogP contribution < -0.4 is 5.73 Å². The summed E-state index contributed by atoms with van der Waals surface area (Å²) in [4.78, 5) is 12.8. The van der Waals surface area contributed by atoms with Gasteiger partial charge in [0.25, 0.3) is 0 Å². The Labute approximate surface area is 149 Å². The normalized spacial score (nSPS) is 16.5. The second-order valence-corrected chi connectivity index (χ2v) is 5.97. The number of halogens is 1. The minimum Gasteiger partial charge on any atom is -0.384 e. The molecule has 1 aliphatic carbocycles. The number of alkyl halides is 1.